The van der Waals surface area contributed by atoms with E-state index in [1.165, 1.54) is 23.1 Å². The van der Waals surface area contributed by atoms with E-state index in [-0.39, 0.29) is 17.2 Å². The average molecular weight is 488 g/mol. The van der Waals surface area contributed by atoms with Crippen molar-refractivity contribution in [2.75, 3.05) is 11.1 Å². The number of amides is 1. The smallest absolute Gasteiger partial charge is 0.263 e. The number of aromatic nitrogens is 2. The van der Waals surface area contributed by atoms with E-state index >= 15 is 0 Å². The third-order valence-electron chi connectivity index (χ3n) is 5.37. The van der Waals surface area contributed by atoms with Crippen molar-refractivity contribution in [2.45, 2.75) is 18.6 Å². The van der Waals surface area contributed by atoms with E-state index in [4.69, 9.17) is 9.40 Å². The Kier molecular flexibility index (Phi) is 6.08. The molecule has 3 heterocycles. The zero-order valence-electron chi connectivity index (χ0n) is 18.4. The van der Waals surface area contributed by atoms with Crippen LogP contribution < -0.4 is 10.9 Å². The molecule has 6 nitrogen and oxygen atoms in total. The minimum atomic E-state index is -0.174. The summed E-state index contributed by atoms with van der Waals surface area (Å²) in [5.74, 6) is 1.37. The van der Waals surface area contributed by atoms with Gasteiger partial charge < -0.3 is 9.73 Å². The Hall–Kier alpha value is -3.62. The summed E-state index contributed by atoms with van der Waals surface area (Å²) in [6.45, 7) is 5.94. The topological polar surface area (TPSA) is 77.1 Å². The monoisotopic (exact) mass is 487 g/mol. The number of aryl methyl sites for hydroxylation is 1. The number of furan rings is 1. The molecule has 5 aromatic rings. The highest BCUT2D eigenvalue weighted by Gasteiger charge is 2.19. The van der Waals surface area contributed by atoms with Gasteiger partial charge in [-0.2, -0.15) is 0 Å². The zero-order chi connectivity index (χ0) is 23.7. The lowest BCUT2D eigenvalue weighted by molar-refractivity contribution is -0.113. The highest BCUT2D eigenvalue weighted by Crippen LogP contribution is 2.33. The van der Waals surface area contributed by atoms with Gasteiger partial charge in [0.1, 0.15) is 16.4 Å². The molecule has 0 aliphatic heterocycles. The van der Waals surface area contributed by atoms with Crippen molar-refractivity contribution in [2.24, 2.45) is 0 Å². The summed E-state index contributed by atoms with van der Waals surface area (Å²) in [4.78, 5) is 31.5. The highest BCUT2D eigenvalue weighted by atomic mass is 32.2. The maximum atomic E-state index is 13.4. The Bertz CT molecular complexity index is 1590. The van der Waals surface area contributed by atoms with Crippen LogP contribution in [0.5, 0.6) is 0 Å². The molecule has 0 fully saturated rings. The molecule has 0 radical (unpaired) electrons. The van der Waals surface area contributed by atoms with Gasteiger partial charge in [-0.1, -0.05) is 54.2 Å². The summed E-state index contributed by atoms with van der Waals surface area (Å²) in [7, 11) is 0. The van der Waals surface area contributed by atoms with Crippen LogP contribution in [0.3, 0.4) is 0 Å². The number of nitrogens with one attached hydrogen (secondary N) is 1. The SMILES string of the molecule is C=CCn1c(SCC(=O)Nc2cccc3ccccc23)nc2scc(-c3ccc(C)o3)c2c1=O. The van der Waals surface area contributed by atoms with E-state index in [0.717, 1.165) is 27.8 Å². The van der Waals surface area contributed by atoms with Gasteiger partial charge in [0.25, 0.3) is 5.56 Å². The molecule has 0 spiro atoms. The van der Waals surface area contributed by atoms with E-state index in [1.807, 2.05) is 66.9 Å². The second kappa shape index (κ2) is 9.32. The molecule has 0 atom stereocenters. The molecule has 0 saturated carbocycles. The predicted octanol–water partition coefficient (Wildman–Crippen LogP) is 6.10. The molecule has 5 rings (SSSR count). The Morgan fingerprint density at radius 2 is 2.03 bits per heavy atom. The van der Waals surface area contributed by atoms with Crippen LogP contribution in [0.25, 0.3) is 32.3 Å². The van der Waals surface area contributed by atoms with Gasteiger partial charge in [-0.15, -0.1) is 17.9 Å². The minimum absolute atomic E-state index is 0.119. The van der Waals surface area contributed by atoms with Gasteiger partial charge in [-0.05, 0) is 30.5 Å². The third kappa shape index (κ3) is 4.18. The van der Waals surface area contributed by atoms with Crippen molar-refractivity contribution in [1.82, 2.24) is 9.55 Å². The van der Waals surface area contributed by atoms with Gasteiger partial charge in [-0.25, -0.2) is 4.98 Å². The summed E-state index contributed by atoms with van der Waals surface area (Å²) in [5.41, 5.74) is 1.31. The lowest BCUT2D eigenvalue weighted by Gasteiger charge is -2.11. The van der Waals surface area contributed by atoms with Gasteiger partial charge >= 0.3 is 0 Å². The van der Waals surface area contributed by atoms with Crippen LogP contribution in [0.2, 0.25) is 0 Å². The molecule has 170 valence electrons. The fraction of sp³-hybridized carbons (Fsp3) is 0.115. The molecule has 1 amide bonds. The molecular formula is C26H21N3O3S2. The number of rotatable bonds is 7. The number of fused-ring (bicyclic) bond motifs is 2. The van der Waals surface area contributed by atoms with Crippen LogP contribution >= 0.6 is 23.1 Å². The first-order valence-electron chi connectivity index (χ1n) is 10.7. The Morgan fingerprint density at radius 3 is 2.82 bits per heavy atom. The molecule has 0 aliphatic rings. The zero-order valence-corrected chi connectivity index (χ0v) is 20.0. The fourth-order valence-electron chi connectivity index (χ4n) is 3.82. The molecule has 3 aromatic heterocycles. The Morgan fingerprint density at radius 1 is 1.21 bits per heavy atom. The van der Waals surface area contributed by atoms with Gasteiger partial charge in [0.05, 0.1) is 11.1 Å². The Labute approximate surface area is 203 Å². The van der Waals surface area contributed by atoms with Gasteiger partial charge in [0, 0.05) is 28.6 Å². The standard InChI is InChI=1S/C26H21N3O3S2/c1-3-13-29-25(31)23-19(21-12-11-16(2)32-21)14-33-24(23)28-26(29)34-15-22(30)27-20-10-6-8-17-7-4-5-9-18(17)20/h3-12,14H,1,13,15H2,2H3,(H,27,30). The maximum Gasteiger partial charge on any atom is 0.263 e. The van der Waals surface area contributed by atoms with Gasteiger partial charge in [0.15, 0.2) is 5.16 Å². The van der Waals surface area contributed by atoms with Crippen LogP contribution in [-0.4, -0.2) is 21.2 Å². The summed E-state index contributed by atoms with van der Waals surface area (Å²) < 4.78 is 7.29. The van der Waals surface area contributed by atoms with Crippen molar-refractivity contribution in [1.29, 1.82) is 0 Å². The first-order valence-corrected chi connectivity index (χ1v) is 12.5. The normalized spacial score (nSPS) is 11.2. The molecular weight excluding hydrogens is 466 g/mol. The average Bonchev–Trinajstić information content (AvgIpc) is 3.46. The maximum absolute atomic E-state index is 13.4. The third-order valence-corrected chi connectivity index (χ3v) is 7.22. The summed E-state index contributed by atoms with van der Waals surface area (Å²) in [6.07, 6.45) is 1.65. The molecule has 1 N–H and O–H groups in total. The number of carbonyl (C=O) groups excluding carboxylic acids is 1. The quantitative estimate of drug-likeness (QED) is 0.171. The highest BCUT2D eigenvalue weighted by molar-refractivity contribution is 7.99. The number of allylic oxidation sites excluding steroid dienone is 1. The van der Waals surface area contributed by atoms with Gasteiger partial charge in [0.2, 0.25) is 5.91 Å². The van der Waals surface area contributed by atoms with E-state index in [0.29, 0.717) is 27.7 Å². The van der Waals surface area contributed by atoms with Crippen LogP contribution in [-0.2, 0) is 11.3 Å². The molecule has 0 aliphatic carbocycles. The number of nitrogens with zero attached hydrogens (tertiary/aromatic N) is 2. The van der Waals surface area contributed by atoms with Crippen molar-refractivity contribution in [3.05, 3.63) is 88.7 Å². The van der Waals surface area contributed by atoms with Crippen LogP contribution in [0.4, 0.5) is 5.69 Å². The minimum Gasteiger partial charge on any atom is -0.461 e. The second-order valence-corrected chi connectivity index (χ2v) is 9.50. The predicted molar refractivity (Wildman–Crippen MR) is 140 cm³/mol. The molecule has 34 heavy (non-hydrogen) atoms. The lowest BCUT2D eigenvalue weighted by Crippen LogP contribution is -2.23. The largest absolute Gasteiger partial charge is 0.461 e. The van der Waals surface area contributed by atoms with Crippen molar-refractivity contribution in [3.8, 4) is 11.3 Å². The number of thioether (sulfide) groups is 1. The fourth-order valence-corrected chi connectivity index (χ4v) is 5.59. The number of carbonyl (C=O) groups is 1. The van der Waals surface area contributed by atoms with Crippen molar-refractivity contribution < 1.29 is 9.21 Å². The number of anilines is 1. The van der Waals surface area contributed by atoms with Crippen molar-refractivity contribution >= 4 is 55.7 Å². The molecule has 8 heteroatoms. The van der Waals surface area contributed by atoms with E-state index in [2.05, 4.69) is 11.9 Å². The van der Waals surface area contributed by atoms with Crippen LogP contribution in [0.1, 0.15) is 5.76 Å². The number of benzene rings is 2. The second-order valence-electron chi connectivity index (χ2n) is 7.70. The first kappa shape index (κ1) is 22.2. The molecule has 0 unspecified atom stereocenters. The van der Waals surface area contributed by atoms with Gasteiger partial charge in [-0.3, -0.25) is 14.2 Å². The lowest BCUT2D eigenvalue weighted by atomic mass is 10.1. The molecule has 0 saturated heterocycles. The van der Waals surface area contributed by atoms with Crippen molar-refractivity contribution in [3.63, 3.8) is 0 Å². The summed E-state index contributed by atoms with van der Waals surface area (Å²) >= 11 is 2.62. The summed E-state index contributed by atoms with van der Waals surface area (Å²) in [5, 5.41) is 7.90. The van der Waals surface area contributed by atoms with E-state index in [9.17, 15) is 9.59 Å². The summed E-state index contributed by atoms with van der Waals surface area (Å²) in [6, 6.07) is 17.4. The van der Waals surface area contributed by atoms with E-state index < -0.39 is 0 Å². The molecule has 2 aromatic carbocycles. The van der Waals surface area contributed by atoms with Crippen LogP contribution in [0.15, 0.2) is 87.0 Å². The first-order chi connectivity index (χ1) is 16.5. The van der Waals surface area contributed by atoms with Crippen LogP contribution in [0, 0.1) is 6.92 Å². The van der Waals surface area contributed by atoms with E-state index in [1.54, 1.807) is 10.6 Å². The number of thiophene rings is 1. The molecule has 0 bridgehead atoms. The Balaban J connectivity index is 1.43. The number of hydrogen-bond acceptors (Lipinski definition) is 6. The number of hydrogen-bond donors (Lipinski definition) is 1.